The lowest BCUT2D eigenvalue weighted by Gasteiger charge is -2.28. The summed E-state index contributed by atoms with van der Waals surface area (Å²) in [7, 11) is -3.18. The van der Waals surface area contributed by atoms with Gasteiger partial charge in [0.1, 0.15) is 0 Å². The largest absolute Gasteiger partial charge is 0.393 e. The van der Waals surface area contributed by atoms with E-state index in [1.165, 1.54) is 0 Å². The molecule has 0 aromatic rings. The molecule has 17 heavy (non-hydrogen) atoms. The van der Waals surface area contributed by atoms with Crippen molar-refractivity contribution in [2.75, 3.05) is 6.54 Å². The van der Waals surface area contributed by atoms with Crippen LogP contribution in [0.5, 0.6) is 0 Å². The second-order valence-corrected chi connectivity index (χ2v) is 7.56. The summed E-state index contributed by atoms with van der Waals surface area (Å²) in [5.74, 6) is 0. The van der Waals surface area contributed by atoms with Crippen molar-refractivity contribution < 1.29 is 8.42 Å². The number of hydrogen-bond acceptors (Lipinski definition) is 3. The minimum atomic E-state index is -3.18. The second kappa shape index (κ2) is 6.11. The van der Waals surface area contributed by atoms with Crippen molar-refractivity contribution in [1.82, 2.24) is 4.31 Å². The van der Waals surface area contributed by atoms with E-state index >= 15 is 0 Å². The molecule has 0 unspecified atom stereocenters. The Labute approximate surface area is 110 Å². The van der Waals surface area contributed by atoms with Gasteiger partial charge in [-0.1, -0.05) is 25.1 Å². The summed E-state index contributed by atoms with van der Waals surface area (Å²) in [4.78, 5) is 0.372. The minimum Gasteiger partial charge on any atom is -0.393 e. The normalized spacial score (nSPS) is 18.1. The minimum absolute atomic E-state index is 0.0325. The van der Waals surface area contributed by atoms with Gasteiger partial charge in [0, 0.05) is 19.0 Å². The van der Waals surface area contributed by atoms with Crippen LogP contribution in [0, 0.1) is 0 Å². The van der Waals surface area contributed by atoms with Crippen molar-refractivity contribution in [1.29, 1.82) is 0 Å². The van der Waals surface area contributed by atoms with Crippen LogP contribution < -0.4 is 5.73 Å². The van der Waals surface area contributed by atoms with Crippen LogP contribution in [0.25, 0.3) is 0 Å². The quantitative estimate of drug-likeness (QED) is 0.750. The summed E-state index contributed by atoms with van der Waals surface area (Å²) in [6, 6.07) is -0.0325. The number of nitrogens with zero attached hydrogens (tertiary/aromatic N) is 1. The highest BCUT2D eigenvalue weighted by Gasteiger charge is 2.35. The molecule has 1 aliphatic carbocycles. The third-order valence-electron chi connectivity index (χ3n) is 3.20. The van der Waals surface area contributed by atoms with E-state index in [4.69, 9.17) is 18.0 Å². The second-order valence-electron chi connectivity index (χ2n) is 4.87. The molecule has 2 N–H and O–H groups in total. The summed E-state index contributed by atoms with van der Waals surface area (Å²) in [6.45, 7) is 4.20. The van der Waals surface area contributed by atoms with E-state index in [1.54, 1.807) is 4.31 Å². The number of thiocarbonyl (C=S) groups is 1. The van der Waals surface area contributed by atoms with Crippen molar-refractivity contribution in [3.63, 3.8) is 0 Å². The van der Waals surface area contributed by atoms with E-state index in [-0.39, 0.29) is 11.3 Å². The van der Waals surface area contributed by atoms with Gasteiger partial charge >= 0.3 is 0 Å². The van der Waals surface area contributed by atoms with Crippen LogP contribution in [0.3, 0.4) is 0 Å². The van der Waals surface area contributed by atoms with Gasteiger partial charge in [0.05, 0.1) is 10.2 Å². The molecule has 4 nitrogen and oxygen atoms in total. The Bertz CT molecular complexity index is 360. The molecule has 0 aromatic heterocycles. The lowest BCUT2D eigenvalue weighted by molar-refractivity contribution is 0.356. The molecule has 0 aromatic carbocycles. The van der Waals surface area contributed by atoms with Gasteiger partial charge in [-0.2, -0.15) is 4.31 Å². The molecule has 1 saturated carbocycles. The Morgan fingerprint density at radius 1 is 1.41 bits per heavy atom. The first-order valence-corrected chi connectivity index (χ1v) is 8.06. The highest BCUT2D eigenvalue weighted by atomic mass is 32.2. The lowest BCUT2D eigenvalue weighted by Crippen LogP contribution is -2.43. The third kappa shape index (κ3) is 3.89. The molecule has 0 spiro atoms. The molecule has 1 rings (SSSR count). The van der Waals surface area contributed by atoms with Gasteiger partial charge in [-0.15, -0.1) is 0 Å². The summed E-state index contributed by atoms with van der Waals surface area (Å²) >= 11 is 4.81. The van der Waals surface area contributed by atoms with Gasteiger partial charge in [-0.05, 0) is 26.7 Å². The molecular formula is C11H22N2O2S2. The fraction of sp³-hybridized carbons (Fsp3) is 0.909. The smallest absolute Gasteiger partial charge is 0.217 e. The first kappa shape index (κ1) is 14.9. The maximum absolute atomic E-state index is 12.4. The van der Waals surface area contributed by atoms with Crippen LogP contribution in [-0.2, 0) is 10.0 Å². The predicted octanol–water partition coefficient (Wildman–Crippen LogP) is 1.65. The van der Waals surface area contributed by atoms with Gasteiger partial charge in [0.2, 0.25) is 10.0 Å². The van der Waals surface area contributed by atoms with Gasteiger partial charge in [0.25, 0.3) is 0 Å². The maximum atomic E-state index is 12.4. The molecule has 0 atom stereocenters. The Morgan fingerprint density at radius 2 is 1.94 bits per heavy atom. The van der Waals surface area contributed by atoms with E-state index < -0.39 is 10.0 Å². The van der Waals surface area contributed by atoms with Crippen LogP contribution in [0.15, 0.2) is 0 Å². The first-order valence-electron chi connectivity index (χ1n) is 6.14. The van der Waals surface area contributed by atoms with Crippen molar-refractivity contribution in [2.45, 2.75) is 57.2 Å². The van der Waals surface area contributed by atoms with Gasteiger partial charge in [0.15, 0.2) is 0 Å². The zero-order chi connectivity index (χ0) is 13.1. The van der Waals surface area contributed by atoms with E-state index in [0.29, 0.717) is 18.0 Å². The Balaban J connectivity index is 2.77. The summed E-state index contributed by atoms with van der Waals surface area (Å²) in [5.41, 5.74) is 5.45. The molecule has 0 heterocycles. The molecule has 0 amide bonds. The summed E-state index contributed by atoms with van der Waals surface area (Å²) in [5, 5.41) is -0.198. The van der Waals surface area contributed by atoms with Gasteiger partial charge < -0.3 is 5.73 Å². The Hall–Kier alpha value is -0.200. The van der Waals surface area contributed by atoms with Crippen molar-refractivity contribution in [3.05, 3.63) is 0 Å². The topological polar surface area (TPSA) is 63.4 Å². The van der Waals surface area contributed by atoms with Crippen molar-refractivity contribution in [3.8, 4) is 0 Å². The molecule has 0 bridgehead atoms. The lowest BCUT2D eigenvalue weighted by atomic mass is 10.3. The van der Waals surface area contributed by atoms with E-state index in [9.17, 15) is 8.42 Å². The van der Waals surface area contributed by atoms with E-state index in [2.05, 4.69) is 0 Å². The van der Waals surface area contributed by atoms with Gasteiger partial charge in [-0.25, -0.2) is 8.42 Å². The fourth-order valence-corrected chi connectivity index (χ4v) is 4.61. The molecule has 6 heteroatoms. The monoisotopic (exact) mass is 278 g/mol. The SMILES string of the molecule is CC(C)N(CCC(N)=S)S(=O)(=O)C1CCCC1. The number of hydrogen-bond donors (Lipinski definition) is 1. The van der Waals surface area contributed by atoms with E-state index in [0.717, 1.165) is 25.7 Å². The van der Waals surface area contributed by atoms with Crippen LogP contribution in [-0.4, -0.2) is 35.5 Å². The standard InChI is InChI=1S/C11H22N2O2S2/c1-9(2)13(8-7-11(12)16)17(14,15)10-5-3-4-6-10/h9-10H,3-8H2,1-2H3,(H2,12,16). The molecule has 0 saturated heterocycles. The van der Waals surface area contributed by atoms with Crippen LogP contribution in [0.4, 0.5) is 0 Å². The first-order chi connectivity index (χ1) is 7.85. The summed E-state index contributed by atoms with van der Waals surface area (Å²) in [6.07, 6.45) is 4.08. The third-order valence-corrected chi connectivity index (χ3v) is 5.98. The predicted molar refractivity (Wildman–Crippen MR) is 74.4 cm³/mol. The van der Waals surface area contributed by atoms with Gasteiger partial charge in [-0.3, -0.25) is 0 Å². The summed E-state index contributed by atoms with van der Waals surface area (Å²) < 4.78 is 26.4. The van der Waals surface area contributed by atoms with Crippen molar-refractivity contribution >= 4 is 27.2 Å². The molecule has 1 aliphatic rings. The number of sulfonamides is 1. The molecule has 0 radical (unpaired) electrons. The Kier molecular flexibility index (Phi) is 5.34. The van der Waals surface area contributed by atoms with Crippen LogP contribution in [0.2, 0.25) is 0 Å². The molecule has 1 fully saturated rings. The Morgan fingerprint density at radius 3 is 2.35 bits per heavy atom. The number of rotatable bonds is 6. The zero-order valence-corrected chi connectivity index (χ0v) is 12.2. The highest BCUT2D eigenvalue weighted by molar-refractivity contribution is 7.89. The molecule has 100 valence electrons. The van der Waals surface area contributed by atoms with Crippen LogP contribution >= 0.6 is 12.2 Å². The van der Waals surface area contributed by atoms with Crippen LogP contribution in [0.1, 0.15) is 46.0 Å². The molecular weight excluding hydrogens is 256 g/mol. The number of nitrogens with two attached hydrogens (primary N) is 1. The average molecular weight is 278 g/mol. The van der Waals surface area contributed by atoms with Crippen molar-refractivity contribution in [2.24, 2.45) is 5.73 Å². The average Bonchev–Trinajstić information content (AvgIpc) is 2.69. The maximum Gasteiger partial charge on any atom is 0.217 e. The fourth-order valence-electron chi connectivity index (χ4n) is 2.28. The zero-order valence-electron chi connectivity index (χ0n) is 10.6. The molecule has 0 aliphatic heterocycles. The highest BCUT2D eigenvalue weighted by Crippen LogP contribution is 2.28. The van der Waals surface area contributed by atoms with E-state index in [1.807, 2.05) is 13.8 Å².